The lowest BCUT2D eigenvalue weighted by atomic mass is 9.99. The predicted molar refractivity (Wildman–Crippen MR) is 212 cm³/mol. The lowest BCUT2D eigenvalue weighted by Crippen LogP contribution is -2.10. The minimum atomic E-state index is 0.895. The molecule has 0 saturated heterocycles. The Morgan fingerprint density at radius 1 is 0.294 bits per heavy atom. The third-order valence-corrected chi connectivity index (χ3v) is 9.85. The van der Waals surface area contributed by atoms with Gasteiger partial charge in [-0.05, 0) is 70.8 Å². The molecule has 240 valence electrons. The van der Waals surface area contributed by atoms with E-state index in [1.807, 2.05) is 24.3 Å². The summed E-state index contributed by atoms with van der Waals surface area (Å²) in [5.74, 6) is 0. The Kier molecular flexibility index (Phi) is 6.81. The van der Waals surface area contributed by atoms with E-state index in [1.54, 1.807) is 0 Å². The molecule has 2 aromatic heterocycles. The average molecular weight is 654 g/mol. The lowest BCUT2D eigenvalue weighted by molar-refractivity contribution is 0.669. The van der Waals surface area contributed by atoms with Crippen molar-refractivity contribution in [2.45, 2.75) is 0 Å². The minimum Gasteiger partial charge on any atom is -0.455 e. The lowest BCUT2D eigenvalue weighted by Gasteiger charge is -2.27. The van der Waals surface area contributed by atoms with Crippen LogP contribution in [-0.2, 0) is 0 Å². The predicted octanol–water partition coefficient (Wildman–Crippen LogP) is 14.0. The van der Waals surface area contributed by atoms with Crippen molar-refractivity contribution in [3.05, 3.63) is 188 Å². The van der Waals surface area contributed by atoms with E-state index in [1.165, 1.54) is 5.56 Å². The topological polar surface area (TPSA) is 29.5 Å². The summed E-state index contributed by atoms with van der Waals surface area (Å²) >= 11 is 0. The van der Waals surface area contributed by atoms with Crippen molar-refractivity contribution in [2.24, 2.45) is 0 Å². The molecule has 0 spiro atoms. The third kappa shape index (κ3) is 4.98. The fraction of sp³-hybridized carbons (Fsp3) is 0. The molecule has 10 rings (SSSR count). The summed E-state index contributed by atoms with van der Waals surface area (Å²) in [5.41, 5.74) is 13.4. The Hall–Kier alpha value is -6.84. The van der Waals surface area contributed by atoms with E-state index in [2.05, 4.69) is 169 Å². The van der Waals surface area contributed by atoms with Gasteiger partial charge in [0, 0.05) is 49.7 Å². The standard InChI is InChI=1S/C48H31NO2/c1-2-13-32(14-3-1)33-15-8-18-36(29-33)49(37-19-9-16-34(30-37)39-23-11-25-43-41-21-4-6-27-45(41)50-47(39)43)38-20-10-17-35(31-38)40-24-12-26-44-42-22-5-7-28-46(42)51-48(40)44/h1-31H. The Balaban J connectivity index is 1.16. The molecular weight excluding hydrogens is 623 g/mol. The van der Waals surface area contributed by atoms with Gasteiger partial charge in [0.05, 0.1) is 0 Å². The maximum atomic E-state index is 6.47. The van der Waals surface area contributed by atoms with Crippen molar-refractivity contribution in [3.8, 4) is 33.4 Å². The fourth-order valence-corrected chi connectivity index (χ4v) is 7.48. The number of hydrogen-bond acceptors (Lipinski definition) is 3. The Labute approximate surface area is 295 Å². The molecule has 0 aliphatic rings. The first-order chi connectivity index (χ1) is 25.3. The molecule has 10 aromatic rings. The van der Waals surface area contributed by atoms with E-state index in [-0.39, 0.29) is 0 Å². The van der Waals surface area contributed by atoms with E-state index in [4.69, 9.17) is 8.83 Å². The summed E-state index contributed by atoms with van der Waals surface area (Å²) in [6.07, 6.45) is 0. The van der Waals surface area contributed by atoms with Crippen LogP contribution in [0.15, 0.2) is 197 Å². The molecule has 8 aromatic carbocycles. The van der Waals surface area contributed by atoms with Gasteiger partial charge < -0.3 is 13.7 Å². The highest BCUT2D eigenvalue weighted by atomic mass is 16.3. The molecule has 0 aliphatic carbocycles. The molecule has 0 aliphatic heterocycles. The van der Waals surface area contributed by atoms with Crippen LogP contribution in [-0.4, -0.2) is 0 Å². The highest BCUT2D eigenvalue weighted by Gasteiger charge is 2.19. The van der Waals surface area contributed by atoms with E-state index < -0.39 is 0 Å². The quantitative estimate of drug-likeness (QED) is 0.179. The van der Waals surface area contributed by atoms with E-state index in [0.29, 0.717) is 0 Å². The fourth-order valence-electron chi connectivity index (χ4n) is 7.48. The summed E-state index contributed by atoms with van der Waals surface area (Å²) in [6, 6.07) is 66.2. The van der Waals surface area contributed by atoms with Gasteiger partial charge in [0.2, 0.25) is 0 Å². The molecule has 0 atom stereocenters. The number of anilines is 3. The second-order valence-electron chi connectivity index (χ2n) is 12.9. The molecule has 0 N–H and O–H groups in total. The van der Waals surface area contributed by atoms with Crippen LogP contribution >= 0.6 is 0 Å². The van der Waals surface area contributed by atoms with Crippen molar-refractivity contribution in [3.63, 3.8) is 0 Å². The molecule has 0 fully saturated rings. The molecule has 3 nitrogen and oxygen atoms in total. The molecule has 0 radical (unpaired) electrons. The monoisotopic (exact) mass is 653 g/mol. The van der Waals surface area contributed by atoms with E-state index in [9.17, 15) is 0 Å². The van der Waals surface area contributed by atoms with Crippen LogP contribution in [0.25, 0.3) is 77.3 Å². The highest BCUT2D eigenvalue weighted by Crippen LogP contribution is 2.43. The van der Waals surface area contributed by atoms with Crippen LogP contribution < -0.4 is 4.90 Å². The molecule has 0 amide bonds. The van der Waals surface area contributed by atoms with Crippen LogP contribution in [0.5, 0.6) is 0 Å². The van der Waals surface area contributed by atoms with Crippen molar-refractivity contribution in [1.29, 1.82) is 0 Å². The van der Waals surface area contributed by atoms with Crippen molar-refractivity contribution >= 4 is 60.9 Å². The van der Waals surface area contributed by atoms with Crippen LogP contribution in [0.2, 0.25) is 0 Å². The van der Waals surface area contributed by atoms with E-state index in [0.717, 1.165) is 88.8 Å². The normalized spacial score (nSPS) is 11.5. The number of para-hydroxylation sites is 4. The zero-order valence-electron chi connectivity index (χ0n) is 27.7. The van der Waals surface area contributed by atoms with Crippen molar-refractivity contribution in [1.82, 2.24) is 0 Å². The maximum Gasteiger partial charge on any atom is 0.143 e. The van der Waals surface area contributed by atoms with Gasteiger partial charge in [-0.1, -0.05) is 140 Å². The third-order valence-electron chi connectivity index (χ3n) is 9.85. The largest absolute Gasteiger partial charge is 0.455 e. The Morgan fingerprint density at radius 2 is 0.686 bits per heavy atom. The van der Waals surface area contributed by atoms with Crippen molar-refractivity contribution in [2.75, 3.05) is 4.90 Å². The molecule has 0 unspecified atom stereocenters. The first kappa shape index (κ1) is 29.1. The van der Waals surface area contributed by atoms with Crippen LogP contribution in [0.3, 0.4) is 0 Å². The zero-order valence-corrected chi connectivity index (χ0v) is 27.7. The average Bonchev–Trinajstić information content (AvgIpc) is 3.78. The van der Waals surface area contributed by atoms with Gasteiger partial charge in [-0.3, -0.25) is 0 Å². The number of rotatable bonds is 6. The number of nitrogens with zero attached hydrogens (tertiary/aromatic N) is 1. The smallest absolute Gasteiger partial charge is 0.143 e. The maximum absolute atomic E-state index is 6.47. The number of furan rings is 2. The molecule has 3 heteroatoms. The molecule has 0 saturated carbocycles. The summed E-state index contributed by atoms with van der Waals surface area (Å²) in [6.45, 7) is 0. The van der Waals surface area contributed by atoms with Gasteiger partial charge in [-0.2, -0.15) is 0 Å². The summed E-state index contributed by atoms with van der Waals surface area (Å²) < 4.78 is 12.9. The molecular formula is C48H31NO2. The molecule has 51 heavy (non-hydrogen) atoms. The number of fused-ring (bicyclic) bond motifs is 6. The summed E-state index contributed by atoms with van der Waals surface area (Å²) in [7, 11) is 0. The van der Waals surface area contributed by atoms with E-state index >= 15 is 0 Å². The second kappa shape index (κ2) is 11.9. The van der Waals surface area contributed by atoms with Crippen molar-refractivity contribution < 1.29 is 8.83 Å². The molecule has 0 bridgehead atoms. The Morgan fingerprint density at radius 3 is 1.22 bits per heavy atom. The zero-order chi connectivity index (χ0) is 33.7. The van der Waals surface area contributed by atoms with Crippen LogP contribution in [0.1, 0.15) is 0 Å². The van der Waals surface area contributed by atoms with Crippen LogP contribution in [0.4, 0.5) is 17.1 Å². The number of hydrogen-bond donors (Lipinski definition) is 0. The summed E-state index contributed by atoms with van der Waals surface area (Å²) in [4.78, 5) is 2.34. The second-order valence-corrected chi connectivity index (χ2v) is 12.9. The van der Waals surface area contributed by atoms with Gasteiger partial charge >= 0.3 is 0 Å². The SMILES string of the molecule is c1ccc(-c2cccc(N(c3cccc(-c4cccc5c4oc4ccccc45)c3)c3cccc(-c4cccc5c4oc4ccccc45)c3)c2)cc1. The van der Waals surface area contributed by atoms with Gasteiger partial charge in [0.25, 0.3) is 0 Å². The van der Waals surface area contributed by atoms with Gasteiger partial charge in [0.15, 0.2) is 0 Å². The first-order valence-electron chi connectivity index (χ1n) is 17.3. The summed E-state index contributed by atoms with van der Waals surface area (Å²) in [5, 5.41) is 4.49. The minimum absolute atomic E-state index is 0.895. The Bertz CT molecular complexity index is 2720. The van der Waals surface area contributed by atoms with Gasteiger partial charge in [0.1, 0.15) is 22.3 Å². The molecule has 2 heterocycles. The van der Waals surface area contributed by atoms with Gasteiger partial charge in [-0.15, -0.1) is 0 Å². The van der Waals surface area contributed by atoms with Gasteiger partial charge in [-0.25, -0.2) is 0 Å². The first-order valence-corrected chi connectivity index (χ1v) is 17.3. The number of benzene rings is 8. The highest BCUT2D eigenvalue weighted by molar-refractivity contribution is 6.11. The van der Waals surface area contributed by atoms with Crippen LogP contribution in [0, 0.1) is 0 Å².